The van der Waals surface area contributed by atoms with E-state index in [1.165, 1.54) is 12.1 Å². The summed E-state index contributed by atoms with van der Waals surface area (Å²) in [4.78, 5) is 44.0. The first-order valence-electron chi connectivity index (χ1n) is 14.2. The molecule has 0 bridgehead atoms. The maximum absolute atomic E-state index is 13.8. The monoisotopic (exact) mass is 557 g/mol. The van der Waals surface area contributed by atoms with Crippen LogP contribution in [0.25, 0.3) is 0 Å². The van der Waals surface area contributed by atoms with Gasteiger partial charge in [0, 0.05) is 43.7 Å². The van der Waals surface area contributed by atoms with Crippen LogP contribution >= 0.6 is 0 Å². The predicted molar refractivity (Wildman–Crippen MR) is 151 cm³/mol. The summed E-state index contributed by atoms with van der Waals surface area (Å²) in [5, 5.41) is 7.44. The van der Waals surface area contributed by atoms with Crippen molar-refractivity contribution < 1.29 is 18.8 Å². The Morgan fingerprint density at radius 1 is 1.02 bits per heavy atom. The van der Waals surface area contributed by atoms with Gasteiger partial charge < -0.3 is 15.1 Å². The van der Waals surface area contributed by atoms with Crippen molar-refractivity contribution in [2.75, 3.05) is 26.2 Å². The smallest absolute Gasteiger partial charge is 0.257 e. The van der Waals surface area contributed by atoms with Gasteiger partial charge >= 0.3 is 0 Å². The first-order valence-corrected chi connectivity index (χ1v) is 14.2. The highest BCUT2D eigenvalue weighted by Gasteiger charge is 2.61. The lowest BCUT2D eigenvalue weighted by molar-refractivity contribution is -0.151. The minimum absolute atomic E-state index is 0.0224. The molecule has 2 aliphatic heterocycles. The zero-order valence-corrected chi connectivity index (χ0v) is 23.7. The largest absolute Gasteiger partial charge is 0.349 e. The van der Waals surface area contributed by atoms with E-state index in [1.54, 1.807) is 34.1 Å². The van der Waals surface area contributed by atoms with Gasteiger partial charge in [-0.3, -0.25) is 19.1 Å². The van der Waals surface area contributed by atoms with E-state index < -0.39 is 17.4 Å². The van der Waals surface area contributed by atoms with Crippen molar-refractivity contribution in [3.8, 4) is 0 Å². The van der Waals surface area contributed by atoms with E-state index in [0.717, 1.165) is 12.0 Å². The van der Waals surface area contributed by atoms with Crippen molar-refractivity contribution >= 4 is 17.7 Å². The number of aromatic nitrogens is 2. The molecule has 3 fully saturated rings. The second kappa shape index (κ2) is 10.1. The van der Waals surface area contributed by atoms with Crippen LogP contribution in [-0.4, -0.2) is 63.5 Å². The van der Waals surface area contributed by atoms with Gasteiger partial charge in [-0.25, -0.2) is 4.39 Å². The van der Waals surface area contributed by atoms with Gasteiger partial charge in [-0.15, -0.1) is 0 Å². The maximum atomic E-state index is 13.8. The van der Waals surface area contributed by atoms with Crippen LogP contribution in [0.15, 0.2) is 67.0 Å². The van der Waals surface area contributed by atoms with E-state index in [-0.39, 0.29) is 41.4 Å². The lowest BCUT2D eigenvalue weighted by Crippen LogP contribution is -2.64. The molecule has 9 heteroatoms. The third-order valence-corrected chi connectivity index (χ3v) is 9.16. The number of rotatable bonds is 7. The van der Waals surface area contributed by atoms with Gasteiger partial charge in [0.05, 0.1) is 30.3 Å². The van der Waals surface area contributed by atoms with Crippen LogP contribution in [-0.2, 0) is 16.1 Å². The number of amides is 3. The number of nitrogens with one attached hydrogen (secondary N) is 1. The lowest BCUT2D eigenvalue weighted by atomic mass is 9.70. The third-order valence-electron chi connectivity index (χ3n) is 9.16. The molecule has 2 aromatic carbocycles. The minimum atomic E-state index is -0.518. The van der Waals surface area contributed by atoms with Crippen LogP contribution in [0.2, 0.25) is 0 Å². The van der Waals surface area contributed by atoms with Crippen LogP contribution in [0, 0.1) is 28.5 Å². The molecule has 3 heterocycles. The van der Waals surface area contributed by atoms with Crippen LogP contribution in [0.3, 0.4) is 0 Å². The maximum Gasteiger partial charge on any atom is 0.257 e. The fourth-order valence-corrected chi connectivity index (χ4v) is 6.47. The number of likely N-dealkylation sites (tertiary alicyclic amines) is 2. The Morgan fingerprint density at radius 3 is 2.41 bits per heavy atom. The standard InChI is InChI=1S/C32H36FN5O3/c1-21(23-10-7-11-25(33)12-23)35-28(39)27-17-36(18-32(27)19-37(20-32)30(41)26-13-31(26,2)3)29(40)24-14-34-38(16-24)15-22-8-5-4-6-9-22/h4-12,14,16,21,26-27H,13,15,17-20H2,1-3H3,(H,35,39)/t21-,26+,27+/m0/s1. The number of carbonyl (C=O) groups is 3. The molecule has 1 aromatic heterocycles. The van der Waals surface area contributed by atoms with Gasteiger partial charge in [0.15, 0.2) is 0 Å². The Balaban J connectivity index is 1.18. The Labute approximate surface area is 239 Å². The number of halogens is 1. The van der Waals surface area contributed by atoms with Crippen LogP contribution in [0.1, 0.15) is 54.7 Å². The normalized spacial score (nSPS) is 22.7. The van der Waals surface area contributed by atoms with E-state index in [0.29, 0.717) is 37.3 Å². The summed E-state index contributed by atoms with van der Waals surface area (Å²) in [5.41, 5.74) is 1.73. The highest BCUT2D eigenvalue weighted by atomic mass is 19.1. The Kier molecular flexibility index (Phi) is 6.71. The van der Waals surface area contributed by atoms with E-state index in [4.69, 9.17) is 0 Å². The lowest BCUT2D eigenvalue weighted by Gasteiger charge is -2.50. The van der Waals surface area contributed by atoms with Crippen molar-refractivity contribution in [3.63, 3.8) is 0 Å². The molecule has 3 aromatic rings. The summed E-state index contributed by atoms with van der Waals surface area (Å²) in [6.45, 7) is 8.11. The Hall–Kier alpha value is -4.01. The number of hydrogen-bond donors (Lipinski definition) is 1. The molecule has 41 heavy (non-hydrogen) atoms. The zero-order valence-electron chi connectivity index (χ0n) is 23.7. The number of nitrogens with zero attached hydrogens (tertiary/aromatic N) is 4. The minimum Gasteiger partial charge on any atom is -0.349 e. The molecule has 1 saturated carbocycles. The quantitative estimate of drug-likeness (QED) is 0.478. The van der Waals surface area contributed by atoms with Crippen LogP contribution < -0.4 is 5.32 Å². The molecule has 3 aliphatic rings. The summed E-state index contributed by atoms with van der Waals surface area (Å²) in [6, 6.07) is 15.7. The van der Waals surface area contributed by atoms with Gasteiger partial charge in [-0.1, -0.05) is 56.3 Å². The van der Waals surface area contributed by atoms with Gasteiger partial charge in [0.25, 0.3) is 5.91 Å². The average Bonchev–Trinajstić information content (AvgIpc) is 3.25. The van der Waals surface area contributed by atoms with E-state index in [2.05, 4.69) is 24.3 Å². The molecule has 0 unspecified atom stereocenters. The van der Waals surface area contributed by atoms with E-state index >= 15 is 0 Å². The highest BCUT2D eigenvalue weighted by Crippen LogP contribution is 2.54. The predicted octanol–water partition coefficient (Wildman–Crippen LogP) is 3.89. The topological polar surface area (TPSA) is 87.5 Å². The zero-order chi connectivity index (χ0) is 28.9. The summed E-state index contributed by atoms with van der Waals surface area (Å²) in [5.74, 6) is -1.05. The van der Waals surface area contributed by atoms with E-state index in [9.17, 15) is 18.8 Å². The number of hydrogen-bond acceptors (Lipinski definition) is 4. The van der Waals surface area contributed by atoms with Crippen molar-refractivity contribution in [1.29, 1.82) is 0 Å². The van der Waals surface area contributed by atoms with Crippen LogP contribution in [0.4, 0.5) is 4.39 Å². The Bertz CT molecular complexity index is 1480. The highest BCUT2D eigenvalue weighted by molar-refractivity contribution is 5.95. The molecule has 1 aliphatic carbocycles. The summed E-state index contributed by atoms with van der Waals surface area (Å²) >= 11 is 0. The Morgan fingerprint density at radius 2 is 1.73 bits per heavy atom. The molecular weight excluding hydrogens is 521 g/mol. The average molecular weight is 558 g/mol. The molecule has 2 saturated heterocycles. The molecule has 214 valence electrons. The fraction of sp³-hybridized carbons (Fsp3) is 0.438. The van der Waals surface area contributed by atoms with E-state index in [1.807, 2.05) is 42.2 Å². The van der Waals surface area contributed by atoms with Crippen molar-refractivity contribution in [1.82, 2.24) is 24.9 Å². The summed E-state index contributed by atoms with van der Waals surface area (Å²) in [6.07, 6.45) is 4.19. The molecule has 6 rings (SSSR count). The summed E-state index contributed by atoms with van der Waals surface area (Å²) < 4.78 is 15.6. The van der Waals surface area contributed by atoms with Crippen molar-refractivity contribution in [2.45, 2.75) is 39.8 Å². The molecular formula is C32H36FN5O3. The fourth-order valence-electron chi connectivity index (χ4n) is 6.47. The van der Waals surface area contributed by atoms with Crippen molar-refractivity contribution in [2.24, 2.45) is 22.7 Å². The van der Waals surface area contributed by atoms with Gasteiger partial charge in [0.2, 0.25) is 11.8 Å². The number of benzene rings is 2. The molecule has 1 spiro atoms. The van der Waals surface area contributed by atoms with Gasteiger partial charge in [-0.05, 0) is 42.0 Å². The van der Waals surface area contributed by atoms with Crippen LogP contribution in [0.5, 0.6) is 0 Å². The van der Waals surface area contributed by atoms with Crippen molar-refractivity contribution in [3.05, 3.63) is 89.5 Å². The second-order valence-electron chi connectivity index (χ2n) is 12.7. The molecule has 3 atom stereocenters. The SMILES string of the molecule is C[C@H](NC(=O)[C@H]1CN(C(=O)c2cnn(Cc3ccccc3)c2)CC12CN(C(=O)[C@H]1CC1(C)C)C2)c1cccc(F)c1. The van der Waals surface area contributed by atoms with Gasteiger partial charge in [-0.2, -0.15) is 5.10 Å². The molecule has 0 radical (unpaired) electrons. The second-order valence-corrected chi connectivity index (χ2v) is 12.7. The third kappa shape index (κ3) is 5.25. The molecule has 1 N–H and O–H groups in total. The summed E-state index contributed by atoms with van der Waals surface area (Å²) in [7, 11) is 0. The first-order chi connectivity index (χ1) is 19.5. The molecule has 8 nitrogen and oxygen atoms in total. The number of carbonyl (C=O) groups excluding carboxylic acids is 3. The van der Waals surface area contributed by atoms with Gasteiger partial charge in [0.1, 0.15) is 5.82 Å². The first kappa shape index (κ1) is 27.2. The molecule has 3 amide bonds.